The van der Waals surface area contributed by atoms with Crippen molar-refractivity contribution in [1.82, 2.24) is 0 Å². The van der Waals surface area contributed by atoms with Crippen molar-refractivity contribution >= 4 is 34.6 Å². The number of halogens is 2. The molecule has 0 saturated heterocycles. The van der Waals surface area contributed by atoms with Crippen LogP contribution in [0.1, 0.15) is 25.0 Å². The largest absolute Gasteiger partial charge is 0.355 e. The molecule has 0 bridgehead atoms. The molecule has 0 unspecified atom stereocenters. The summed E-state index contributed by atoms with van der Waals surface area (Å²) >= 11 is 12.5. The summed E-state index contributed by atoms with van der Waals surface area (Å²) in [6.45, 7) is 4.35. The summed E-state index contributed by atoms with van der Waals surface area (Å²) in [6.07, 6.45) is 0. The van der Waals surface area contributed by atoms with Crippen LogP contribution in [-0.4, -0.2) is 0 Å². The van der Waals surface area contributed by atoms with Gasteiger partial charge in [-0.05, 0) is 23.8 Å². The minimum atomic E-state index is -0.154. The second-order valence-electron chi connectivity index (χ2n) is 5.08. The average Bonchev–Trinajstić information content (AvgIpc) is 2.33. The van der Waals surface area contributed by atoms with Gasteiger partial charge in [0.2, 0.25) is 0 Å². The normalized spacial score (nSPS) is 15.6. The van der Waals surface area contributed by atoms with Gasteiger partial charge < -0.3 is 5.32 Å². The maximum Gasteiger partial charge on any atom is 0.0653 e. The minimum Gasteiger partial charge on any atom is -0.355 e. The number of hydrogen-bond donors (Lipinski definition) is 1. The molecule has 18 heavy (non-hydrogen) atoms. The molecule has 1 aliphatic rings. The lowest BCUT2D eigenvalue weighted by atomic mass is 9.74. The van der Waals surface area contributed by atoms with Crippen molar-refractivity contribution in [3.8, 4) is 0 Å². The van der Waals surface area contributed by atoms with E-state index in [1.807, 2.05) is 24.3 Å². The number of rotatable bonds is 0. The second-order valence-corrected chi connectivity index (χ2v) is 5.86. The molecule has 2 aromatic carbocycles. The second kappa shape index (κ2) is 3.91. The zero-order chi connectivity index (χ0) is 12.9. The highest BCUT2D eigenvalue weighted by Crippen LogP contribution is 2.49. The number of hydrogen-bond acceptors (Lipinski definition) is 1. The number of para-hydroxylation sites is 1. The first-order chi connectivity index (χ1) is 8.51. The molecule has 92 valence electrons. The third-order valence-corrected chi connectivity index (χ3v) is 4.39. The lowest BCUT2D eigenvalue weighted by Gasteiger charge is -2.36. The molecule has 0 radical (unpaired) electrons. The summed E-state index contributed by atoms with van der Waals surface area (Å²) in [6, 6.07) is 12.1. The smallest absolute Gasteiger partial charge is 0.0653 e. The van der Waals surface area contributed by atoms with Gasteiger partial charge in [-0.25, -0.2) is 0 Å². The number of nitrogens with one attached hydrogen (secondary N) is 1. The van der Waals surface area contributed by atoms with Crippen molar-refractivity contribution in [2.45, 2.75) is 19.3 Å². The molecule has 0 fully saturated rings. The first-order valence-electron chi connectivity index (χ1n) is 5.87. The van der Waals surface area contributed by atoms with Crippen LogP contribution in [0.3, 0.4) is 0 Å². The van der Waals surface area contributed by atoms with Gasteiger partial charge in [0.1, 0.15) is 0 Å². The van der Waals surface area contributed by atoms with E-state index in [4.69, 9.17) is 23.2 Å². The molecule has 0 aromatic heterocycles. The average molecular weight is 278 g/mol. The van der Waals surface area contributed by atoms with E-state index in [0.717, 1.165) is 16.9 Å². The van der Waals surface area contributed by atoms with Gasteiger partial charge >= 0.3 is 0 Å². The van der Waals surface area contributed by atoms with Gasteiger partial charge in [0.25, 0.3) is 0 Å². The minimum absolute atomic E-state index is 0.154. The predicted octanol–water partition coefficient (Wildman–Crippen LogP) is 5.38. The lowest BCUT2D eigenvalue weighted by molar-refractivity contribution is 0.638. The summed E-state index contributed by atoms with van der Waals surface area (Å²) in [4.78, 5) is 0. The maximum absolute atomic E-state index is 6.39. The standard InChI is InChI=1S/C15H13Cl2N/c1-15(2)9-5-3-4-6-11(9)18-12-8-7-10(16)14(17)13(12)15/h3-8,18H,1-2H3. The summed E-state index contributed by atoms with van der Waals surface area (Å²) in [5.74, 6) is 0. The quantitative estimate of drug-likeness (QED) is 0.682. The summed E-state index contributed by atoms with van der Waals surface area (Å²) in [5, 5.41) is 4.66. The van der Waals surface area contributed by atoms with Crippen LogP contribution in [0.5, 0.6) is 0 Å². The highest BCUT2D eigenvalue weighted by atomic mass is 35.5. The fourth-order valence-corrected chi connectivity index (χ4v) is 3.24. The highest BCUT2D eigenvalue weighted by molar-refractivity contribution is 6.43. The highest BCUT2D eigenvalue weighted by Gasteiger charge is 2.34. The molecule has 0 amide bonds. The van der Waals surface area contributed by atoms with E-state index in [2.05, 4.69) is 31.3 Å². The molecule has 0 spiro atoms. The maximum atomic E-state index is 6.39. The number of benzene rings is 2. The third-order valence-electron chi connectivity index (χ3n) is 3.59. The van der Waals surface area contributed by atoms with Crippen LogP contribution in [0.15, 0.2) is 36.4 Å². The van der Waals surface area contributed by atoms with Gasteiger partial charge in [0.05, 0.1) is 10.0 Å². The Labute approximate surface area is 117 Å². The molecule has 1 nitrogen and oxygen atoms in total. The van der Waals surface area contributed by atoms with Crippen LogP contribution in [-0.2, 0) is 5.41 Å². The number of anilines is 2. The van der Waals surface area contributed by atoms with Crippen molar-refractivity contribution in [2.75, 3.05) is 5.32 Å². The first-order valence-corrected chi connectivity index (χ1v) is 6.62. The fraction of sp³-hybridized carbons (Fsp3) is 0.200. The van der Waals surface area contributed by atoms with E-state index in [9.17, 15) is 0 Å². The van der Waals surface area contributed by atoms with Crippen molar-refractivity contribution in [3.05, 3.63) is 57.6 Å². The van der Waals surface area contributed by atoms with Gasteiger partial charge in [0.15, 0.2) is 0 Å². The van der Waals surface area contributed by atoms with E-state index >= 15 is 0 Å². The molecular formula is C15H13Cl2N. The molecule has 0 saturated carbocycles. The Hall–Kier alpha value is -1.18. The molecule has 1 heterocycles. The van der Waals surface area contributed by atoms with E-state index < -0.39 is 0 Å². The molecule has 1 aliphatic heterocycles. The summed E-state index contributed by atoms with van der Waals surface area (Å²) in [5.41, 5.74) is 4.32. The molecule has 0 atom stereocenters. The Bertz CT molecular complexity index is 632. The van der Waals surface area contributed by atoms with Crippen LogP contribution in [0.2, 0.25) is 10.0 Å². The summed E-state index contributed by atoms with van der Waals surface area (Å²) < 4.78 is 0. The Morgan fingerprint density at radius 3 is 2.44 bits per heavy atom. The van der Waals surface area contributed by atoms with Crippen molar-refractivity contribution in [2.24, 2.45) is 0 Å². The SMILES string of the molecule is CC1(C)c2ccccc2Nc2ccc(Cl)c(Cl)c21. The van der Waals surface area contributed by atoms with Gasteiger partial charge in [-0.1, -0.05) is 55.2 Å². The van der Waals surface area contributed by atoms with E-state index in [1.54, 1.807) is 0 Å². The van der Waals surface area contributed by atoms with E-state index in [1.165, 1.54) is 5.56 Å². The van der Waals surface area contributed by atoms with Gasteiger partial charge in [-0.15, -0.1) is 0 Å². The first kappa shape index (κ1) is 11.9. The van der Waals surface area contributed by atoms with Crippen LogP contribution >= 0.6 is 23.2 Å². The van der Waals surface area contributed by atoms with Crippen molar-refractivity contribution in [3.63, 3.8) is 0 Å². The molecule has 1 N–H and O–H groups in total. The Kier molecular flexibility index (Phi) is 2.58. The van der Waals surface area contributed by atoms with E-state index in [-0.39, 0.29) is 5.41 Å². The Morgan fingerprint density at radius 1 is 0.944 bits per heavy atom. The summed E-state index contributed by atoms with van der Waals surface area (Å²) in [7, 11) is 0. The fourth-order valence-electron chi connectivity index (χ4n) is 2.68. The van der Waals surface area contributed by atoms with E-state index in [0.29, 0.717) is 10.0 Å². The zero-order valence-corrected chi connectivity index (χ0v) is 11.7. The Balaban J connectivity index is 2.33. The van der Waals surface area contributed by atoms with Gasteiger partial charge in [-0.2, -0.15) is 0 Å². The predicted molar refractivity (Wildman–Crippen MR) is 78.3 cm³/mol. The number of fused-ring (bicyclic) bond motifs is 2. The van der Waals surface area contributed by atoms with Gasteiger partial charge in [-0.3, -0.25) is 0 Å². The lowest BCUT2D eigenvalue weighted by Crippen LogP contribution is -2.26. The molecule has 3 rings (SSSR count). The molecule has 0 aliphatic carbocycles. The van der Waals surface area contributed by atoms with Crippen LogP contribution in [0.4, 0.5) is 11.4 Å². The monoisotopic (exact) mass is 277 g/mol. The third kappa shape index (κ3) is 1.54. The molecular weight excluding hydrogens is 265 g/mol. The van der Waals surface area contributed by atoms with Crippen LogP contribution in [0, 0.1) is 0 Å². The van der Waals surface area contributed by atoms with Gasteiger partial charge in [0, 0.05) is 22.4 Å². The van der Waals surface area contributed by atoms with Crippen LogP contribution < -0.4 is 5.32 Å². The van der Waals surface area contributed by atoms with Crippen LogP contribution in [0.25, 0.3) is 0 Å². The molecule has 3 heteroatoms. The molecule has 2 aromatic rings. The Morgan fingerprint density at radius 2 is 1.67 bits per heavy atom. The van der Waals surface area contributed by atoms with Crippen molar-refractivity contribution in [1.29, 1.82) is 0 Å². The topological polar surface area (TPSA) is 12.0 Å². The van der Waals surface area contributed by atoms with Crippen molar-refractivity contribution < 1.29 is 0 Å². The zero-order valence-electron chi connectivity index (χ0n) is 10.2.